The third-order valence-corrected chi connectivity index (χ3v) is 5.90. The first-order chi connectivity index (χ1) is 10.4. The number of amides is 1. The molecule has 1 aromatic rings. The molecule has 2 rings (SSSR count). The predicted molar refractivity (Wildman–Crippen MR) is 93.9 cm³/mol. The number of sulfone groups is 1. The summed E-state index contributed by atoms with van der Waals surface area (Å²) in [4.78, 5) is 12.5. The van der Waals surface area contributed by atoms with Gasteiger partial charge in [-0.2, -0.15) is 0 Å². The van der Waals surface area contributed by atoms with Crippen molar-refractivity contribution in [1.29, 1.82) is 0 Å². The summed E-state index contributed by atoms with van der Waals surface area (Å²) in [6.07, 6.45) is 2.95. The predicted octanol–water partition coefficient (Wildman–Crippen LogP) is 1.94. The Bertz CT molecular complexity index is 684. The van der Waals surface area contributed by atoms with Crippen LogP contribution < -0.4 is 10.6 Å². The summed E-state index contributed by atoms with van der Waals surface area (Å²) in [5.74, 6) is -0.348. The van der Waals surface area contributed by atoms with Crippen molar-refractivity contribution in [3.05, 3.63) is 41.5 Å². The van der Waals surface area contributed by atoms with Gasteiger partial charge in [0.15, 0.2) is 9.84 Å². The van der Waals surface area contributed by atoms with E-state index in [2.05, 4.69) is 16.7 Å². The molecule has 0 fully saturated rings. The van der Waals surface area contributed by atoms with Crippen molar-refractivity contribution < 1.29 is 13.2 Å². The minimum Gasteiger partial charge on any atom is -0.348 e. The molecule has 0 atom stereocenters. The zero-order chi connectivity index (χ0) is 16.2. The molecule has 7 heteroatoms. The Balaban J connectivity index is 0.00000264. The van der Waals surface area contributed by atoms with E-state index in [4.69, 9.17) is 0 Å². The Kier molecular flexibility index (Phi) is 7.25. The maximum atomic E-state index is 12.4. The van der Waals surface area contributed by atoms with E-state index in [1.54, 1.807) is 32.0 Å². The van der Waals surface area contributed by atoms with E-state index in [1.807, 2.05) is 0 Å². The highest BCUT2D eigenvalue weighted by Gasteiger charge is 2.25. The van der Waals surface area contributed by atoms with Gasteiger partial charge in [-0.15, -0.1) is 12.4 Å². The normalized spacial score (nSPS) is 14.8. The third kappa shape index (κ3) is 4.80. The molecule has 128 valence electrons. The number of nitrogens with one attached hydrogen (secondary N) is 2. The van der Waals surface area contributed by atoms with Crippen molar-refractivity contribution in [3.63, 3.8) is 0 Å². The molecule has 1 aliphatic heterocycles. The molecule has 0 unspecified atom stereocenters. The van der Waals surface area contributed by atoms with Crippen LogP contribution in [0.3, 0.4) is 0 Å². The number of carbonyl (C=O) groups excluding carboxylic acids is 1. The van der Waals surface area contributed by atoms with Crippen molar-refractivity contribution in [2.24, 2.45) is 0 Å². The fraction of sp³-hybridized carbons (Fsp3) is 0.438. The van der Waals surface area contributed by atoms with E-state index in [9.17, 15) is 13.2 Å². The van der Waals surface area contributed by atoms with Crippen molar-refractivity contribution in [1.82, 2.24) is 10.6 Å². The molecule has 0 radical (unpaired) electrons. The van der Waals surface area contributed by atoms with Crippen molar-refractivity contribution in [2.75, 3.05) is 19.6 Å². The molecule has 5 nitrogen and oxygen atoms in total. The van der Waals surface area contributed by atoms with E-state index >= 15 is 0 Å². The van der Waals surface area contributed by atoms with E-state index in [1.165, 1.54) is 6.07 Å². The van der Waals surface area contributed by atoms with Crippen LogP contribution in [0.1, 0.15) is 30.6 Å². The van der Waals surface area contributed by atoms with E-state index in [0.717, 1.165) is 25.1 Å². The Morgan fingerprint density at radius 3 is 2.61 bits per heavy atom. The molecule has 2 N–H and O–H groups in total. The first-order valence-corrected chi connectivity index (χ1v) is 8.97. The SMILES string of the molecule is CC(C)S(=O)(=O)c1ccccc1C(=O)NCC1=CCNCC1.Cl. The molecule has 1 amide bonds. The van der Waals surface area contributed by atoms with Crippen LogP contribution in [0, 0.1) is 0 Å². The summed E-state index contributed by atoms with van der Waals surface area (Å²) in [5.41, 5.74) is 1.38. The second-order valence-corrected chi connectivity index (χ2v) is 8.06. The van der Waals surface area contributed by atoms with E-state index < -0.39 is 15.1 Å². The van der Waals surface area contributed by atoms with Gasteiger partial charge in [-0.05, 0) is 38.9 Å². The molecule has 23 heavy (non-hydrogen) atoms. The monoisotopic (exact) mass is 358 g/mol. The van der Waals surface area contributed by atoms with Gasteiger partial charge in [0.05, 0.1) is 15.7 Å². The Morgan fingerprint density at radius 2 is 2.00 bits per heavy atom. The van der Waals surface area contributed by atoms with E-state index in [0.29, 0.717) is 6.54 Å². The summed E-state index contributed by atoms with van der Waals surface area (Å²) < 4.78 is 24.7. The van der Waals surface area contributed by atoms with Gasteiger partial charge >= 0.3 is 0 Å². The molecule has 0 spiro atoms. The van der Waals surface area contributed by atoms with Crippen LogP contribution in [-0.2, 0) is 9.84 Å². The second-order valence-electron chi connectivity index (χ2n) is 5.59. The van der Waals surface area contributed by atoms with Crippen LogP contribution in [0.15, 0.2) is 40.8 Å². The highest BCUT2D eigenvalue weighted by atomic mass is 35.5. The maximum Gasteiger partial charge on any atom is 0.252 e. The maximum absolute atomic E-state index is 12.4. The number of hydrogen-bond acceptors (Lipinski definition) is 4. The number of halogens is 1. The average molecular weight is 359 g/mol. The lowest BCUT2D eigenvalue weighted by atomic mass is 10.1. The van der Waals surface area contributed by atoms with Gasteiger partial charge in [-0.3, -0.25) is 4.79 Å². The van der Waals surface area contributed by atoms with Gasteiger partial charge in [-0.25, -0.2) is 8.42 Å². The van der Waals surface area contributed by atoms with Crippen molar-refractivity contribution in [3.8, 4) is 0 Å². The van der Waals surface area contributed by atoms with E-state index in [-0.39, 0.29) is 28.8 Å². The van der Waals surface area contributed by atoms with Gasteiger partial charge < -0.3 is 10.6 Å². The van der Waals surface area contributed by atoms with Gasteiger partial charge in [-0.1, -0.05) is 23.8 Å². The molecule has 0 bridgehead atoms. The fourth-order valence-corrected chi connectivity index (χ4v) is 3.52. The highest BCUT2D eigenvalue weighted by molar-refractivity contribution is 7.92. The number of hydrogen-bond donors (Lipinski definition) is 2. The molecule has 1 aliphatic rings. The lowest BCUT2D eigenvalue weighted by Crippen LogP contribution is -2.31. The van der Waals surface area contributed by atoms with Crippen LogP contribution in [-0.4, -0.2) is 39.2 Å². The minimum absolute atomic E-state index is 0. The average Bonchev–Trinajstić information content (AvgIpc) is 2.53. The van der Waals surface area contributed by atoms with Crippen molar-refractivity contribution >= 4 is 28.2 Å². The zero-order valence-electron chi connectivity index (χ0n) is 13.3. The van der Waals surface area contributed by atoms with Crippen LogP contribution in [0.25, 0.3) is 0 Å². The summed E-state index contributed by atoms with van der Waals surface area (Å²) >= 11 is 0. The first-order valence-electron chi connectivity index (χ1n) is 7.42. The van der Waals surface area contributed by atoms with Crippen LogP contribution >= 0.6 is 12.4 Å². The van der Waals surface area contributed by atoms with Crippen LogP contribution in [0.2, 0.25) is 0 Å². The lowest BCUT2D eigenvalue weighted by Gasteiger charge is -2.16. The molecular weight excluding hydrogens is 336 g/mol. The van der Waals surface area contributed by atoms with Crippen molar-refractivity contribution in [2.45, 2.75) is 30.4 Å². The van der Waals surface area contributed by atoms with Crippen LogP contribution in [0.5, 0.6) is 0 Å². The zero-order valence-corrected chi connectivity index (χ0v) is 15.0. The summed E-state index contributed by atoms with van der Waals surface area (Å²) in [6.45, 7) is 5.40. The largest absolute Gasteiger partial charge is 0.348 e. The second kappa shape index (κ2) is 8.47. The Hall–Kier alpha value is -1.37. The highest BCUT2D eigenvalue weighted by Crippen LogP contribution is 2.20. The van der Waals surface area contributed by atoms with Gasteiger partial charge in [0.25, 0.3) is 5.91 Å². The Morgan fingerprint density at radius 1 is 1.30 bits per heavy atom. The third-order valence-electron chi connectivity index (χ3n) is 3.69. The lowest BCUT2D eigenvalue weighted by molar-refractivity contribution is 0.0953. The molecular formula is C16H23ClN2O3S. The standard InChI is InChI=1S/C16H22N2O3S.ClH/c1-12(2)22(20,21)15-6-4-3-5-14(15)16(19)18-11-13-7-9-17-10-8-13;/h3-7,12,17H,8-11H2,1-2H3,(H,18,19);1H. The topological polar surface area (TPSA) is 75.3 Å². The molecule has 0 saturated heterocycles. The number of carbonyl (C=O) groups is 1. The summed E-state index contributed by atoms with van der Waals surface area (Å²) in [7, 11) is -3.48. The molecule has 0 aromatic heterocycles. The summed E-state index contributed by atoms with van der Waals surface area (Å²) in [5, 5.41) is 5.47. The van der Waals surface area contributed by atoms with Gasteiger partial charge in [0, 0.05) is 13.1 Å². The molecule has 1 heterocycles. The van der Waals surface area contributed by atoms with Crippen LogP contribution in [0.4, 0.5) is 0 Å². The smallest absolute Gasteiger partial charge is 0.252 e. The number of benzene rings is 1. The molecule has 1 aromatic carbocycles. The first kappa shape index (κ1) is 19.7. The molecule has 0 aliphatic carbocycles. The molecule has 0 saturated carbocycles. The van der Waals surface area contributed by atoms with Gasteiger partial charge in [0.1, 0.15) is 0 Å². The fourth-order valence-electron chi connectivity index (χ4n) is 2.28. The summed E-state index contributed by atoms with van der Waals surface area (Å²) in [6, 6.07) is 6.37. The minimum atomic E-state index is -3.48. The quantitative estimate of drug-likeness (QED) is 0.789. The number of rotatable bonds is 5. The van der Waals surface area contributed by atoms with Gasteiger partial charge in [0.2, 0.25) is 0 Å². The Labute approximate surface area is 143 Å².